The van der Waals surface area contributed by atoms with Crippen molar-refractivity contribution in [2.24, 2.45) is 5.92 Å². The maximum atomic E-state index is 13.3. The molecular weight excluding hydrogens is 269 g/mol. The summed E-state index contributed by atoms with van der Waals surface area (Å²) in [7, 11) is 0. The number of amides is 1. The zero-order chi connectivity index (χ0) is 14.3. The molecule has 0 heterocycles. The molecular formula is C13H16FNO3S. The molecule has 1 unspecified atom stereocenters. The standard InChI is InChI=1S/C13H16FNO3S/c1-9(6-13(17)18)7-15-12(16)8-19-11-5-3-2-4-10(11)14/h2-5,9H,6-8H2,1H3,(H,15,16)(H,17,18). The van der Waals surface area contributed by atoms with E-state index in [9.17, 15) is 14.0 Å². The largest absolute Gasteiger partial charge is 0.481 e. The Morgan fingerprint density at radius 1 is 1.42 bits per heavy atom. The molecule has 104 valence electrons. The Morgan fingerprint density at radius 3 is 2.74 bits per heavy atom. The molecule has 0 spiro atoms. The van der Waals surface area contributed by atoms with Gasteiger partial charge in [0.1, 0.15) is 5.82 Å². The second-order valence-corrected chi connectivity index (χ2v) is 5.24. The molecule has 6 heteroatoms. The summed E-state index contributed by atoms with van der Waals surface area (Å²) in [5, 5.41) is 11.2. The lowest BCUT2D eigenvalue weighted by Crippen LogP contribution is -2.30. The molecule has 0 fully saturated rings. The van der Waals surface area contributed by atoms with Crippen molar-refractivity contribution in [3.8, 4) is 0 Å². The van der Waals surface area contributed by atoms with Crippen LogP contribution in [0.4, 0.5) is 4.39 Å². The van der Waals surface area contributed by atoms with E-state index < -0.39 is 5.97 Å². The van der Waals surface area contributed by atoms with Crippen LogP contribution in [0.2, 0.25) is 0 Å². The van der Waals surface area contributed by atoms with E-state index in [1.165, 1.54) is 6.07 Å². The highest BCUT2D eigenvalue weighted by molar-refractivity contribution is 8.00. The predicted octanol–water partition coefficient (Wildman–Crippen LogP) is 2.14. The normalized spacial score (nSPS) is 11.9. The van der Waals surface area contributed by atoms with Crippen molar-refractivity contribution < 1.29 is 19.1 Å². The number of nitrogens with one attached hydrogen (secondary N) is 1. The van der Waals surface area contributed by atoms with Crippen LogP contribution in [0.25, 0.3) is 0 Å². The van der Waals surface area contributed by atoms with Gasteiger partial charge in [0.25, 0.3) is 0 Å². The summed E-state index contributed by atoms with van der Waals surface area (Å²) < 4.78 is 13.3. The summed E-state index contributed by atoms with van der Waals surface area (Å²) in [6, 6.07) is 6.25. The molecule has 0 saturated carbocycles. The van der Waals surface area contributed by atoms with Crippen LogP contribution in [0.1, 0.15) is 13.3 Å². The molecule has 2 N–H and O–H groups in total. The average Bonchev–Trinajstić information content (AvgIpc) is 2.34. The van der Waals surface area contributed by atoms with Crippen molar-refractivity contribution in [2.75, 3.05) is 12.3 Å². The number of hydrogen-bond donors (Lipinski definition) is 2. The highest BCUT2D eigenvalue weighted by atomic mass is 32.2. The molecule has 1 aromatic rings. The quantitative estimate of drug-likeness (QED) is 0.753. The number of aliphatic carboxylic acids is 1. The van der Waals surface area contributed by atoms with Crippen LogP contribution in [0, 0.1) is 11.7 Å². The molecule has 0 aromatic heterocycles. The van der Waals surface area contributed by atoms with Gasteiger partial charge in [0.15, 0.2) is 0 Å². The van der Waals surface area contributed by atoms with Crippen LogP contribution in [-0.4, -0.2) is 29.3 Å². The number of carboxylic acids is 1. The van der Waals surface area contributed by atoms with E-state index in [0.29, 0.717) is 11.4 Å². The summed E-state index contributed by atoms with van der Waals surface area (Å²) in [4.78, 5) is 22.4. The molecule has 1 atom stereocenters. The topological polar surface area (TPSA) is 66.4 Å². The first-order valence-corrected chi connectivity index (χ1v) is 6.83. The minimum Gasteiger partial charge on any atom is -0.481 e. The first-order chi connectivity index (χ1) is 8.99. The number of benzene rings is 1. The van der Waals surface area contributed by atoms with E-state index in [4.69, 9.17) is 5.11 Å². The number of carbonyl (C=O) groups is 2. The number of halogens is 1. The lowest BCUT2D eigenvalue weighted by Gasteiger charge is -2.10. The van der Waals surface area contributed by atoms with Gasteiger partial charge in [-0.3, -0.25) is 9.59 Å². The molecule has 4 nitrogen and oxygen atoms in total. The van der Waals surface area contributed by atoms with E-state index >= 15 is 0 Å². The number of carbonyl (C=O) groups excluding carboxylic acids is 1. The third-order valence-corrected chi connectivity index (χ3v) is 3.41. The maximum absolute atomic E-state index is 13.3. The Labute approximate surface area is 115 Å². The zero-order valence-corrected chi connectivity index (χ0v) is 11.4. The molecule has 0 radical (unpaired) electrons. The molecule has 19 heavy (non-hydrogen) atoms. The van der Waals surface area contributed by atoms with Crippen LogP contribution < -0.4 is 5.32 Å². The highest BCUT2D eigenvalue weighted by Crippen LogP contribution is 2.20. The number of hydrogen-bond acceptors (Lipinski definition) is 3. The number of carboxylic acid groups (broad SMARTS) is 1. The van der Waals surface area contributed by atoms with Gasteiger partial charge in [-0.25, -0.2) is 4.39 Å². The maximum Gasteiger partial charge on any atom is 0.303 e. The van der Waals surface area contributed by atoms with Gasteiger partial charge in [-0.15, -0.1) is 11.8 Å². The molecule has 0 aliphatic heterocycles. The van der Waals surface area contributed by atoms with Gasteiger partial charge in [-0.1, -0.05) is 19.1 Å². The summed E-state index contributed by atoms with van der Waals surface area (Å²) >= 11 is 1.12. The Balaban J connectivity index is 2.29. The van der Waals surface area contributed by atoms with Gasteiger partial charge in [-0.05, 0) is 18.1 Å². The number of rotatable bonds is 7. The number of thioether (sulfide) groups is 1. The fraction of sp³-hybridized carbons (Fsp3) is 0.385. The van der Waals surface area contributed by atoms with Gasteiger partial charge >= 0.3 is 5.97 Å². The zero-order valence-electron chi connectivity index (χ0n) is 10.6. The summed E-state index contributed by atoms with van der Waals surface area (Å²) in [6.07, 6.45) is 0.0146. The minimum atomic E-state index is -0.887. The van der Waals surface area contributed by atoms with Gasteiger partial charge in [0.2, 0.25) is 5.91 Å². The van der Waals surface area contributed by atoms with E-state index in [2.05, 4.69) is 5.32 Å². The van der Waals surface area contributed by atoms with Crippen molar-refractivity contribution >= 4 is 23.6 Å². The van der Waals surface area contributed by atoms with Crippen LogP contribution in [0.15, 0.2) is 29.2 Å². The lowest BCUT2D eigenvalue weighted by molar-refractivity contribution is -0.138. The van der Waals surface area contributed by atoms with Crippen molar-refractivity contribution in [3.05, 3.63) is 30.1 Å². The molecule has 1 rings (SSSR count). The molecule has 0 aliphatic rings. The second kappa shape index (κ2) is 7.78. The van der Waals surface area contributed by atoms with Gasteiger partial charge < -0.3 is 10.4 Å². The third-order valence-electron chi connectivity index (χ3n) is 2.37. The van der Waals surface area contributed by atoms with E-state index in [1.807, 2.05) is 0 Å². The molecule has 0 saturated heterocycles. The van der Waals surface area contributed by atoms with Crippen molar-refractivity contribution in [3.63, 3.8) is 0 Å². The molecule has 1 aromatic carbocycles. The first kappa shape index (κ1) is 15.5. The summed E-state index contributed by atoms with van der Waals surface area (Å²) in [5.41, 5.74) is 0. The van der Waals surface area contributed by atoms with Crippen molar-refractivity contribution in [2.45, 2.75) is 18.2 Å². The Kier molecular flexibility index (Phi) is 6.35. The third kappa shape index (κ3) is 6.24. The smallest absolute Gasteiger partial charge is 0.303 e. The Hall–Kier alpha value is -1.56. The second-order valence-electron chi connectivity index (χ2n) is 4.23. The van der Waals surface area contributed by atoms with Crippen LogP contribution in [0.5, 0.6) is 0 Å². The van der Waals surface area contributed by atoms with Gasteiger partial charge in [0.05, 0.1) is 5.75 Å². The Bertz CT molecular complexity index is 453. The lowest BCUT2D eigenvalue weighted by atomic mass is 10.1. The van der Waals surface area contributed by atoms with E-state index in [-0.39, 0.29) is 29.8 Å². The predicted molar refractivity (Wildman–Crippen MR) is 71.6 cm³/mol. The Morgan fingerprint density at radius 2 is 2.11 bits per heavy atom. The average molecular weight is 285 g/mol. The molecule has 0 aliphatic carbocycles. The molecule has 1 amide bonds. The monoisotopic (exact) mass is 285 g/mol. The summed E-state index contributed by atoms with van der Waals surface area (Å²) in [5.74, 6) is -1.48. The fourth-order valence-electron chi connectivity index (χ4n) is 1.41. The van der Waals surface area contributed by atoms with Gasteiger partial charge in [0, 0.05) is 17.9 Å². The first-order valence-electron chi connectivity index (χ1n) is 5.85. The highest BCUT2D eigenvalue weighted by Gasteiger charge is 2.10. The van der Waals surface area contributed by atoms with Crippen LogP contribution in [0.3, 0.4) is 0 Å². The molecule has 0 bridgehead atoms. The van der Waals surface area contributed by atoms with Crippen molar-refractivity contribution in [1.29, 1.82) is 0 Å². The van der Waals surface area contributed by atoms with Crippen LogP contribution >= 0.6 is 11.8 Å². The minimum absolute atomic E-state index is 0.0146. The van der Waals surface area contributed by atoms with E-state index in [1.54, 1.807) is 25.1 Å². The fourth-order valence-corrected chi connectivity index (χ4v) is 2.18. The SMILES string of the molecule is CC(CNC(=O)CSc1ccccc1F)CC(=O)O. The summed E-state index contributed by atoms with van der Waals surface area (Å²) in [6.45, 7) is 2.06. The van der Waals surface area contributed by atoms with Gasteiger partial charge in [-0.2, -0.15) is 0 Å². The van der Waals surface area contributed by atoms with Crippen LogP contribution in [-0.2, 0) is 9.59 Å². The van der Waals surface area contributed by atoms with Crippen molar-refractivity contribution in [1.82, 2.24) is 5.32 Å². The van der Waals surface area contributed by atoms with E-state index in [0.717, 1.165) is 11.8 Å².